The minimum Gasteiger partial charge on any atom is -0.478 e. The predicted octanol–water partition coefficient (Wildman–Crippen LogP) is 2.35. The SMILES string of the molecule is CSC1CCC(NCc2cc(C(=O)O)co2)C1. The van der Waals surface area contributed by atoms with Crippen molar-refractivity contribution in [1.82, 2.24) is 5.32 Å². The van der Waals surface area contributed by atoms with E-state index in [4.69, 9.17) is 9.52 Å². The van der Waals surface area contributed by atoms with Gasteiger partial charge in [0.25, 0.3) is 0 Å². The van der Waals surface area contributed by atoms with Crippen LogP contribution in [0.25, 0.3) is 0 Å². The van der Waals surface area contributed by atoms with Gasteiger partial charge in [-0.1, -0.05) is 0 Å². The Labute approximate surface area is 105 Å². The summed E-state index contributed by atoms with van der Waals surface area (Å²) in [6.45, 7) is 0.610. The highest BCUT2D eigenvalue weighted by Gasteiger charge is 2.23. The van der Waals surface area contributed by atoms with Gasteiger partial charge < -0.3 is 14.8 Å². The molecule has 1 fully saturated rings. The fourth-order valence-corrected chi connectivity index (χ4v) is 2.97. The zero-order chi connectivity index (χ0) is 12.3. The molecule has 0 spiro atoms. The molecule has 0 aromatic carbocycles. The van der Waals surface area contributed by atoms with Gasteiger partial charge in [-0.15, -0.1) is 0 Å². The molecule has 17 heavy (non-hydrogen) atoms. The van der Waals surface area contributed by atoms with Crippen LogP contribution < -0.4 is 5.32 Å². The molecule has 0 bridgehead atoms. The molecule has 94 valence electrons. The maximum Gasteiger partial charge on any atom is 0.338 e. The zero-order valence-electron chi connectivity index (χ0n) is 9.81. The number of carbonyl (C=O) groups is 1. The summed E-state index contributed by atoms with van der Waals surface area (Å²) in [6.07, 6.45) is 7.08. The second kappa shape index (κ2) is 5.60. The molecule has 1 heterocycles. The van der Waals surface area contributed by atoms with E-state index in [0.29, 0.717) is 18.3 Å². The van der Waals surface area contributed by atoms with Gasteiger partial charge in [0.15, 0.2) is 0 Å². The standard InChI is InChI=1S/C12H17NO3S/c1-17-11-3-2-9(5-11)13-6-10-4-8(7-16-10)12(14)15/h4,7,9,11,13H,2-3,5-6H2,1H3,(H,14,15). The Kier molecular flexibility index (Phi) is 4.12. The number of carboxylic acid groups (broad SMARTS) is 1. The molecule has 2 unspecified atom stereocenters. The third-order valence-corrected chi connectivity index (χ3v) is 4.28. The van der Waals surface area contributed by atoms with Crippen molar-refractivity contribution in [1.29, 1.82) is 0 Å². The van der Waals surface area contributed by atoms with Crippen LogP contribution in [0.1, 0.15) is 35.4 Å². The van der Waals surface area contributed by atoms with Crippen molar-refractivity contribution in [3.05, 3.63) is 23.7 Å². The molecule has 0 saturated heterocycles. The lowest BCUT2D eigenvalue weighted by Crippen LogP contribution is -2.25. The molecular weight excluding hydrogens is 238 g/mol. The zero-order valence-corrected chi connectivity index (χ0v) is 10.6. The first kappa shape index (κ1) is 12.5. The molecule has 2 atom stereocenters. The molecule has 1 aliphatic rings. The average Bonchev–Trinajstić information content (AvgIpc) is 2.95. The van der Waals surface area contributed by atoms with Gasteiger partial charge in [0, 0.05) is 11.3 Å². The van der Waals surface area contributed by atoms with Crippen LogP contribution in [-0.4, -0.2) is 28.6 Å². The van der Waals surface area contributed by atoms with Gasteiger partial charge >= 0.3 is 5.97 Å². The van der Waals surface area contributed by atoms with Crippen molar-refractivity contribution in [3.63, 3.8) is 0 Å². The van der Waals surface area contributed by atoms with E-state index < -0.39 is 5.97 Å². The van der Waals surface area contributed by atoms with E-state index in [1.54, 1.807) is 6.07 Å². The lowest BCUT2D eigenvalue weighted by atomic mass is 10.2. The number of rotatable bonds is 5. The summed E-state index contributed by atoms with van der Waals surface area (Å²) in [5, 5.41) is 12.9. The topological polar surface area (TPSA) is 62.5 Å². The van der Waals surface area contributed by atoms with Crippen LogP contribution in [0.5, 0.6) is 0 Å². The molecule has 2 N–H and O–H groups in total. The minimum atomic E-state index is -0.941. The van der Waals surface area contributed by atoms with E-state index in [0.717, 1.165) is 5.25 Å². The van der Waals surface area contributed by atoms with Crippen molar-refractivity contribution in [3.8, 4) is 0 Å². The quantitative estimate of drug-likeness (QED) is 0.845. The number of thioether (sulfide) groups is 1. The van der Waals surface area contributed by atoms with E-state index in [9.17, 15) is 4.79 Å². The fourth-order valence-electron chi connectivity index (χ4n) is 2.17. The van der Waals surface area contributed by atoms with Crippen LogP contribution in [0.4, 0.5) is 0 Å². The number of aromatic carboxylic acids is 1. The molecule has 5 heteroatoms. The molecule has 0 radical (unpaired) electrons. The van der Waals surface area contributed by atoms with Gasteiger partial charge in [-0.3, -0.25) is 0 Å². The largest absolute Gasteiger partial charge is 0.478 e. The maximum absolute atomic E-state index is 10.7. The van der Waals surface area contributed by atoms with Gasteiger partial charge in [-0.25, -0.2) is 4.79 Å². The van der Waals surface area contributed by atoms with E-state index in [-0.39, 0.29) is 5.56 Å². The first-order valence-electron chi connectivity index (χ1n) is 5.76. The normalized spacial score (nSPS) is 24.1. The number of furan rings is 1. The van der Waals surface area contributed by atoms with Gasteiger partial charge in [-0.2, -0.15) is 11.8 Å². The summed E-state index contributed by atoms with van der Waals surface area (Å²) >= 11 is 1.92. The molecule has 1 aliphatic carbocycles. The van der Waals surface area contributed by atoms with Crippen molar-refractivity contribution in [2.24, 2.45) is 0 Å². The van der Waals surface area contributed by atoms with Gasteiger partial charge in [0.2, 0.25) is 0 Å². The minimum absolute atomic E-state index is 0.218. The third kappa shape index (κ3) is 3.26. The van der Waals surface area contributed by atoms with Crippen LogP contribution in [-0.2, 0) is 6.54 Å². The first-order valence-corrected chi connectivity index (χ1v) is 7.04. The Hall–Kier alpha value is -0.940. The van der Waals surface area contributed by atoms with Crippen LogP contribution >= 0.6 is 11.8 Å². The van der Waals surface area contributed by atoms with Crippen molar-refractivity contribution in [2.45, 2.75) is 37.1 Å². The van der Waals surface area contributed by atoms with Crippen molar-refractivity contribution in [2.75, 3.05) is 6.26 Å². The first-order chi connectivity index (χ1) is 8.19. The molecule has 1 aromatic heterocycles. The molecule has 2 rings (SSSR count). The van der Waals surface area contributed by atoms with E-state index in [1.165, 1.54) is 25.5 Å². The second-order valence-corrected chi connectivity index (χ2v) is 5.49. The molecule has 0 aliphatic heterocycles. The number of nitrogens with one attached hydrogen (secondary N) is 1. The summed E-state index contributed by atoms with van der Waals surface area (Å²) in [7, 11) is 0. The fraction of sp³-hybridized carbons (Fsp3) is 0.583. The van der Waals surface area contributed by atoms with Crippen molar-refractivity contribution >= 4 is 17.7 Å². The number of hydrogen-bond acceptors (Lipinski definition) is 4. The van der Waals surface area contributed by atoms with Gasteiger partial charge in [0.05, 0.1) is 12.1 Å². The summed E-state index contributed by atoms with van der Waals surface area (Å²) in [5.74, 6) is -0.252. The average molecular weight is 255 g/mol. The highest BCUT2D eigenvalue weighted by Crippen LogP contribution is 2.28. The monoisotopic (exact) mass is 255 g/mol. The molecular formula is C12H17NO3S. The molecule has 1 saturated carbocycles. The lowest BCUT2D eigenvalue weighted by molar-refractivity contribution is 0.0696. The van der Waals surface area contributed by atoms with E-state index in [2.05, 4.69) is 11.6 Å². The van der Waals surface area contributed by atoms with Crippen LogP contribution in [0.15, 0.2) is 16.7 Å². The lowest BCUT2D eigenvalue weighted by Gasteiger charge is -2.10. The smallest absolute Gasteiger partial charge is 0.338 e. The Balaban J connectivity index is 1.80. The van der Waals surface area contributed by atoms with Crippen LogP contribution in [0.2, 0.25) is 0 Å². The van der Waals surface area contributed by atoms with Gasteiger partial charge in [-0.05, 0) is 31.6 Å². The predicted molar refractivity (Wildman–Crippen MR) is 67.4 cm³/mol. The Morgan fingerprint density at radius 3 is 3.06 bits per heavy atom. The Morgan fingerprint density at radius 1 is 1.65 bits per heavy atom. The third-order valence-electron chi connectivity index (χ3n) is 3.18. The summed E-state index contributed by atoms with van der Waals surface area (Å²) in [4.78, 5) is 10.7. The number of hydrogen-bond donors (Lipinski definition) is 2. The van der Waals surface area contributed by atoms with Crippen LogP contribution in [0.3, 0.4) is 0 Å². The second-order valence-electron chi connectivity index (χ2n) is 4.36. The summed E-state index contributed by atoms with van der Waals surface area (Å²) < 4.78 is 5.19. The molecule has 1 aromatic rings. The maximum atomic E-state index is 10.7. The Bertz CT molecular complexity index is 391. The summed E-state index contributed by atoms with van der Waals surface area (Å²) in [5.41, 5.74) is 0.218. The molecule has 4 nitrogen and oxygen atoms in total. The highest BCUT2D eigenvalue weighted by molar-refractivity contribution is 7.99. The molecule has 0 amide bonds. The highest BCUT2D eigenvalue weighted by atomic mass is 32.2. The van der Waals surface area contributed by atoms with Crippen LogP contribution in [0, 0.1) is 0 Å². The van der Waals surface area contributed by atoms with Gasteiger partial charge in [0.1, 0.15) is 12.0 Å². The van der Waals surface area contributed by atoms with Crippen molar-refractivity contribution < 1.29 is 14.3 Å². The number of carboxylic acids is 1. The van der Waals surface area contributed by atoms with E-state index in [1.807, 2.05) is 11.8 Å². The van der Waals surface area contributed by atoms with E-state index >= 15 is 0 Å². The Morgan fingerprint density at radius 2 is 2.47 bits per heavy atom. The summed E-state index contributed by atoms with van der Waals surface area (Å²) in [6, 6.07) is 2.11.